The van der Waals surface area contributed by atoms with Gasteiger partial charge in [0.25, 0.3) is 0 Å². The van der Waals surface area contributed by atoms with Gasteiger partial charge in [-0.05, 0) is 23.3 Å². The fraction of sp³-hybridized carbons (Fsp3) is 0.294. The molecule has 0 spiro atoms. The molecule has 0 aliphatic heterocycles. The number of benzene rings is 2. The summed E-state index contributed by atoms with van der Waals surface area (Å²) in [5, 5.41) is 0. The van der Waals surface area contributed by atoms with Gasteiger partial charge in [0.05, 0.1) is 20.3 Å². The second-order valence-electron chi connectivity index (χ2n) is 4.53. The van der Waals surface area contributed by atoms with Crippen molar-refractivity contribution in [3.8, 4) is 11.5 Å². The van der Waals surface area contributed by atoms with E-state index in [-0.39, 0.29) is 6.10 Å². The lowest BCUT2D eigenvalue weighted by molar-refractivity contribution is 0.103. The van der Waals surface area contributed by atoms with Crippen LogP contribution in [0.4, 0.5) is 0 Å². The Morgan fingerprint density at radius 1 is 0.850 bits per heavy atom. The highest BCUT2D eigenvalue weighted by atomic mass is 16.5. The maximum absolute atomic E-state index is 5.60. The summed E-state index contributed by atoms with van der Waals surface area (Å²) in [6.07, 6.45) is 0.829. The summed E-state index contributed by atoms with van der Waals surface area (Å²) in [5.74, 6) is 1.48. The van der Waals surface area contributed by atoms with Gasteiger partial charge in [0.15, 0.2) is 11.5 Å². The number of hydrogen-bond donors (Lipinski definition) is 0. The summed E-state index contributed by atoms with van der Waals surface area (Å²) in [4.78, 5) is 0. The van der Waals surface area contributed by atoms with Gasteiger partial charge in [-0.1, -0.05) is 36.4 Å². The third-order valence-corrected chi connectivity index (χ3v) is 3.32. The summed E-state index contributed by atoms with van der Waals surface area (Å²) < 4.78 is 16.2. The van der Waals surface area contributed by atoms with Crippen LogP contribution in [0.3, 0.4) is 0 Å². The van der Waals surface area contributed by atoms with Crippen molar-refractivity contribution in [3.05, 3.63) is 59.7 Å². The molecule has 106 valence electrons. The van der Waals surface area contributed by atoms with Crippen LogP contribution in [-0.4, -0.2) is 21.3 Å². The monoisotopic (exact) mass is 272 g/mol. The predicted octanol–water partition coefficient (Wildman–Crippen LogP) is 3.63. The lowest BCUT2D eigenvalue weighted by atomic mass is 10.0. The highest BCUT2D eigenvalue weighted by Gasteiger charge is 2.13. The highest BCUT2D eigenvalue weighted by molar-refractivity contribution is 5.43. The SMILES string of the molecule is COc1ccc(CC(OC)c2ccccc2)cc1OC. The van der Waals surface area contributed by atoms with Gasteiger partial charge in [-0.25, -0.2) is 0 Å². The lowest BCUT2D eigenvalue weighted by Gasteiger charge is -2.17. The van der Waals surface area contributed by atoms with Gasteiger partial charge in [-0.3, -0.25) is 0 Å². The fourth-order valence-electron chi connectivity index (χ4n) is 2.23. The molecule has 0 saturated heterocycles. The molecule has 3 nitrogen and oxygen atoms in total. The lowest BCUT2D eigenvalue weighted by Crippen LogP contribution is -2.05. The molecule has 3 heteroatoms. The molecule has 0 aliphatic rings. The zero-order chi connectivity index (χ0) is 14.4. The molecular weight excluding hydrogens is 252 g/mol. The van der Waals surface area contributed by atoms with Crippen molar-refractivity contribution in [1.82, 2.24) is 0 Å². The Bertz CT molecular complexity index is 537. The third kappa shape index (κ3) is 3.31. The first-order valence-corrected chi connectivity index (χ1v) is 6.57. The van der Waals surface area contributed by atoms with Crippen LogP contribution in [0.15, 0.2) is 48.5 Å². The van der Waals surface area contributed by atoms with Crippen molar-refractivity contribution in [2.24, 2.45) is 0 Å². The topological polar surface area (TPSA) is 27.7 Å². The van der Waals surface area contributed by atoms with Gasteiger partial charge in [0.1, 0.15) is 0 Å². The Labute approximate surface area is 120 Å². The van der Waals surface area contributed by atoms with E-state index in [1.54, 1.807) is 21.3 Å². The smallest absolute Gasteiger partial charge is 0.160 e. The van der Waals surface area contributed by atoms with E-state index in [0.717, 1.165) is 23.5 Å². The Morgan fingerprint density at radius 2 is 1.55 bits per heavy atom. The van der Waals surface area contributed by atoms with Crippen molar-refractivity contribution in [2.75, 3.05) is 21.3 Å². The molecule has 0 N–H and O–H groups in total. The minimum absolute atomic E-state index is 0.0364. The van der Waals surface area contributed by atoms with Gasteiger partial charge < -0.3 is 14.2 Å². The highest BCUT2D eigenvalue weighted by Crippen LogP contribution is 2.30. The molecule has 1 atom stereocenters. The molecule has 0 bridgehead atoms. The maximum atomic E-state index is 5.60. The quantitative estimate of drug-likeness (QED) is 0.803. The van der Waals surface area contributed by atoms with Crippen LogP contribution in [0, 0.1) is 0 Å². The van der Waals surface area contributed by atoms with Crippen LogP contribution in [0.25, 0.3) is 0 Å². The Hall–Kier alpha value is -2.00. The second-order valence-corrected chi connectivity index (χ2v) is 4.53. The van der Waals surface area contributed by atoms with Gasteiger partial charge in [0.2, 0.25) is 0 Å². The molecule has 0 amide bonds. The summed E-state index contributed by atoms with van der Waals surface area (Å²) >= 11 is 0. The van der Waals surface area contributed by atoms with E-state index in [1.165, 1.54) is 5.56 Å². The van der Waals surface area contributed by atoms with E-state index in [1.807, 2.05) is 36.4 Å². The van der Waals surface area contributed by atoms with E-state index >= 15 is 0 Å². The molecule has 0 radical (unpaired) electrons. The maximum Gasteiger partial charge on any atom is 0.160 e. The number of hydrogen-bond acceptors (Lipinski definition) is 3. The fourth-order valence-corrected chi connectivity index (χ4v) is 2.23. The molecule has 0 aromatic heterocycles. The molecule has 2 aromatic carbocycles. The van der Waals surface area contributed by atoms with Gasteiger partial charge in [-0.2, -0.15) is 0 Å². The zero-order valence-corrected chi connectivity index (χ0v) is 12.1. The van der Waals surface area contributed by atoms with Crippen LogP contribution in [-0.2, 0) is 11.2 Å². The second kappa shape index (κ2) is 6.96. The van der Waals surface area contributed by atoms with E-state index in [4.69, 9.17) is 14.2 Å². The Morgan fingerprint density at radius 3 is 2.15 bits per heavy atom. The molecule has 1 unspecified atom stereocenters. The molecule has 20 heavy (non-hydrogen) atoms. The molecule has 0 saturated carbocycles. The van der Waals surface area contributed by atoms with Crippen LogP contribution < -0.4 is 9.47 Å². The molecule has 0 aliphatic carbocycles. The van der Waals surface area contributed by atoms with Gasteiger partial charge in [0, 0.05) is 13.5 Å². The van der Waals surface area contributed by atoms with Crippen molar-refractivity contribution in [3.63, 3.8) is 0 Å². The first-order chi connectivity index (χ1) is 9.78. The molecular formula is C17H20O3. The van der Waals surface area contributed by atoms with Crippen molar-refractivity contribution >= 4 is 0 Å². The zero-order valence-electron chi connectivity index (χ0n) is 12.1. The Kier molecular flexibility index (Phi) is 5.02. The average Bonchev–Trinajstić information content (AvgIpc) is 2.53. The molecule has 0 fully saturated rings. The molecule has 2 rings (SSSR count). The first kappa shape index (κ1) is 14.4. The number of rotatable bonds is 6. The van der Waals surface area contributed by atoms with E-state index in [0.29, 0.717) is 0 Å². The summed E-state index contributed by atoms with van der Waals surface area (Å²) in [7, 11) is 5.02. The number of methoxy groups -OCH3 is 3. The summed E-state index contributed by atoms with van der Waals surface area (Å²) in [5.41, 5.74) is 2.32. The minimum Gasteiger partial charge on any atom is -0.493 e. The third-order valence-electron chi connectivity index (χ3n) is 3.32. The van der Waals surface area contributed by atoms with Gasteiger partial charge in [-0.15, -0.1) is 0 Å². The van der Waals surface area contributed by atoms with Crippen molar-refractivity contribution < 1.29 is 14.2 Å². The van der Waals surface area contributed by atoms with Crippen molar-refractivity contribution in [1.29, 1.82) is 0 Å². The standard InChI is InChI=1S/C17H20O3/c1-18-15-10-9-13(12-17(15)20-3)11-16(19-2)14-7-5-4-6-8-14/h4-10,12,16H,11H2,1-3H3. The molecule has 0 heterocycles. The van der Waals surface area contributed by atoms with Crippen LogP contribution in [0.1, 0.15) is 17.2 Å². The van der Waals surface area contributed by atoms with Gasteiger partial charge >= 0.3 is 0 Å². The molecule has 2 aromatic rings. The summed E-state index contributed by atoms with van der Waals surface area (Å²) in [6.45, 7) is 0. The van der Waals surface area contributed by atoms with Crippen LogP contribution in [0.5, 0.6) is 11.5 Å². The average molecular weight is 272 g/mol. The summed E-state index contributed by atoms with van der Waals surface area (Å²) in [6, 6.07) is 16.2. The van der Waals surface area contributed by atoms with E-state index in [9.17, 15) is 0 Å². The first-order valence-electron chi connectivity index (χ1n) is 6.57. The number of ether oxygens (including phenoxy) is 3. The van der Waals surface area contributed by atoms with Crippen LogP contribution in [0.2, 0.25) is 0 Å². The Balaban J connectivity index is 2.20. The van der Waals surface area contributed by atoms with Crippen molar-refractivity contribution in [2.45, 2.75) is 12.5 Å². The van der Waals surface area contributed by atoms with Crippen LogP contribution >= 0.6 is 0 Å². The predicted molar refractivity (Wildman–Crippen MR) is 79.4 cm³/mol. The largest absolute Gasteiger partial charge is 0.493 e. The van der Waals surface area contributed by atoms with E-state index in [2.05, 4.69) is 12.1 Å². The normalized spacial score (nSPS) is 11.9. The minimum atomic E-state index is 0.0364. The van der Waals surface area contributed by atoms with E-state index < -0.39 is 0 Å².